The number of benzene rings is 4. The lowest BCUT2D eigenvalue weighted by molar-refractivity contribution is 0.0957. The molecule has 4 aromatic rings. The summed E-state index contributed by atoms with van der Waals surface area (Å²) in [5.74, 6) is -0.956. The van der Waals surface area contributed by atoms with Crippen LogP contribution < -0.4 is 9.64 Å². The Kier molecular flexibility index (Phi) is 10.8. The summed E-state index contributed by atoms with van der Waals surface area (Å²) >= 11 is 0. The molecule has 1 unspecified atom stereocenters. The second-order valence-corrected chi connectivity index (χ2v) is 8.86. The molecule has 1 atom stereocenters. The summed E-state index contributed by atoms with van der Waals surface area (Å²) in [6.45, 7) is 0.835. The zero-order chi connectivity index (χ0) is 26.0. The molecule has 0 aromatic heterocycles. The average Bonchev–Trinajstić information content (AvgIpc) is 2.92. The zero-order valence-electron chi connectivity index (χ0n) is 20.8. The van der Waals surface area contributed by atoms with Gasteiger partial charge in [0.05, 0.1) is 5.56 Å². The number of ether oxygens (including phenoxy) is 1. The number of hydrogen-bond acceptors (Lipinski definition) is 4. The molecule has 0 radical (unpaired) electrons. The maximum atomic E-state index is 14.0. The van der Waals surface area contributed by atoms with Crippen molar-refractivity contribution in [1.29, 1.82) is 0 Å². The fraction of sp³-hybridized carbons (Fsp3) is 0.194. The number of rotatable bonds is 12. The van der Waals surface area contributed by atoms with E-state index < -0.39 is 11.9 Å². The molecule has 4 nitrogen and oxygen atoms in total. The number of nitrogens with zero attached hydrogens (tertiary/aromatic N) is 1. The SMILES string of the molecule is Cl.O=C(CCc1ccc(F)cc1)c1cc(F)ccc1OCC(O)CN(Cc1ccccc1)c1ccccc1. The minimum Gasteiger partial charge on any atom is -0.490 e. The molecule has 0 saturated carbocycles. The van der Waals surface area contributed by atoms with Crippen LogP contribution >= 0.6 is 12.4 Å². The summed E-state index contributed by atoms with van der Waals surface area (Å²) in [5.41, 5.74) is 3.00. The minimum atomic E-state index is -0.865. The molecule has 0 amide bonds. The van der Waals surface area contributed by atoms with E-state index in [0.29, 0.717) is 19.5 Å². The van der Waals surface area contributed by atoms with E-state index in [4.69, 9.17) is 4.74 Å². The van der Waals surface area contributed by atoms with Gasteiger partial charge in [0.25, 0.3) is 0 Å². The van der Waals surface area contributed by atoms with Gasteiger partial charge in [-0.15, -0.1) is 12.4 Å². The lowest BCUT2D eigenvalue weighted by Crippen LogP contribution is -2.35. The number of hydrogen-bond donors (Lipinski definition) is 1. The molecule has 38 heavy (non-hydrogen) atoms. The predicted octanol–water partition coefficient (Wildman–Crippen LogP) is 6.65. The van der Waals surface area contributed by atoms with Crippen LogP contribution in [0.4, 0.5) is 14.5 Å². The number of aliphatic hydroxyl groups is 1. The van der Waals surface area contributed by atoms with Crippen molar-refractivity contribution in [3.8, 4) is 5.75 Å². The summed E-state index contributed by atoms with van der Waals surface area (Å²) in [6, 6.07) is 29.5. The van der Waals surface area contributed by atoms with Gasteiger partial charge in [0.2, 0.25) is 0 Å². The van der Waals surface area contributed by atoms with Crippen molar-refractivity contribution < 1.29 is 23.4 Å². The molecule has 0 aliphatic rings. The monoisotopic (exact) mass is 537 g/mol. The summed E-state index contributed by atoms with van der Waals surface area (Å²) < 4.78 is 32.9. The highest BCUT2D eigenvalue weighted by atomic mass is 35.5. The van der Waals surface area contributed by atoms with E-state index in [1.54, 1.807) is 12.1 Å². The first kappa shape index (κ1) is 28.8. The van der Waals surface area contributed by atoms with Crippen LogP contribution in [0.5, 0.6) is 5.75 Å². The number of halogens is 3. The molecule has 0 aliphatic carbocycles. The first-order chi connectivity index (χ1) is 18.0. The maximum Gasteiger partial charge on any atom is 0.167 e. The maximum absolute atomic E-state index is 14.0. The van der Waals surface area contributed by atoms with Gasteiger partial charge in [0, 0.05) is 25.2 Å². The van der Waals surface area contributed by atoms with Gasteiger partial charge in [-0.25, -0.2) is 8.78 Å². The zero-order valence-corrected chi connectivity index (χ0v) is 21.6. The van der Waals surface area contributed by atoms with Crippen LogP contribution in [0.15, 0.2) is 103 Å². The van der Waals surface area contributed by atoms with Gasteiger partial charge in [-0.1, -0.05) is 60.7 Å². The molecule has 0 spiro atoms. The lowest BCUT2D eigenvalue weighted by Gasteiger charge is -2.27. The summed E-state index contributed by atoms with van der Waals surface area (Å²) in [5, 5.41) is 10.8. The fourth-order valence-corrected chi connectivity index (χ4v) is 4.09. The Morgan fingerprint density at radius 1 is 0.816 bits per heavy atom. The second kappa shape index (κ2) is 14.3. The Bertz CT molecular complexity index is 1290. The Morgan fingerprint density at radius 3 is 2.13 bits per heavy atom. The third kappa shape index (κ3) is 8.40. The number of aliphatic hydroxyl groups excluding tert-OH is 1. The molecule has 0 fully saturated rings. The van der Waals surface area contributed by atoms with E-state index in [1.807, 2.05) is 60.7 Å². The summed E-state index contributed by atoms with van der Waals surface area (Å²) in [7, 11) is 0. The Morgan fingerprint density at radius 2 is 1.45 bits per heavy atom. The van der Waals surface area contributed by atoms with E-state index >= 15 is 0 Å². The van der Waals surface area contributed by atoms with E-state index in [2.05, 4.69) is 4.90 Å². The molecular formula is C31H30ClF2NO3. The number of anilines is 1. The van der Waals surface area contributed by atoms with Crippen LogP contribution in [0.3, 0.4) is 0 Å². The molecule has 1 N–H and O–H groups in total. The highest BCUT2D eigenvalue weighted by molar-refractivity contribution is 5.98. The third-order valence-corrected chi connectivity index (χ3v) is 6.00. The summed E-state index contributed by atoms with van der Waals surface area (Å²) in [6.07, 6.45) is -0.355. The Hall–Kier alpha value is -3.74. The standard InChI is InChI=1S/C31H29F2NO3.ClH/c32-25-14-11-23(12-15-25)13-17-30(36)29-19-26(33)16-18-31(29)37-22-28(35)21-34(27-9-5-2-6-10-27)20-24-7-3-1-4-8-24;/h1-12,14-16,18-19,28,35H,13,17,20-22H2;1H. The predicted molar refractivity (Wildman–Crippen MR) is 148 cm³/mol. The third-order valence-electron chi connectivity index (χ3n) is 6.00. The van der Waals surface area contributed by atoms with Crippen LogP contribution in [-0.4, -0.2) is 30.1 Å². The molecule has 198 valence electrons. The van der Waals surface area contributed by atoms with E-state index in [0.717, 1.165) is 22.9 Å². The van der Waals surface area contributed by atoms with Crippen LogP contribution in [-0.2, 0) is 13.0 Å². The van der Waals surface area contributed by atoms with E-state index in [1.165, 1.54) is 24.3 Å². The van der Waals surface area contributed by atoms with Gasteiger partial charge in [-0.3, -0.25) is 4.79 Å². The van der Waals surface area contributed by atoms with Crippen molar-refractivity contribution in [3.05, 3.63) is 131 Å². The number of aryl methyl sites for hydroxylation is 1. The molecule has 0 aliphatic heterocycles. The molecule has 0 heterocycles. The largest absolute Gasteiger partial charge is 0.490 e. The van der Waals surface area contributed by atoms with Gasteiger partial charge in [-0.2, -0.15) is 0 Å². The number of carbonyl (C=O) groups is 1. The van der Waals surface area contributed by atoms with Crippen LogP contribution in [0, 0.1) is 11.6 Å². The fourth-order valence-electron chi connectivity index (χ4n) is 4.09. The van der Waals surface area contributed by atoms with E-state index in [9.17, 15) is 18.7 Å². The quantitative estimate of drug-likeness (QED) is 0.206. The van der Waals surface area contributed by atoms with Gasteiger partial charge in [0.15, 0.2) is 5.78 Å². The van der Waals surface area contributed by atoms with Crippen molar-refractivity contribution in [3.63, 3.8) is 0 Å². The molecular weight excluding hydrogens is 508 g/mol. The molecule has 0 bridgehead atoms. The Balaban J connectivity index is 0.00000400. The van der Waals surface area contributed by atoms with Gasteiger partial charge in [0.1, 0.15) is 30.1 Å². The van der Waals surface area contributed by atoms with Gasteiger partial charge < -0.3 is 14.7 Å². The summed E-state index contributed by atoms with van der Waals surface area (Å²) in [4.78, 5) is 14.9. The normalized spacial score (nSPS) is 11.3. The van der Waals surface area contributed by atoms with Crippen molar-refractivity contribution in [2.75, 3.05) is 18.1 Å². The van der Waals surface area contributed by atoms with Crippen LogP contribution in [0.2, 0.25) is 0 Å². The Labute approximate surface area is 227 Å². The van der Waals surface area contributed by atoms with Crippen LogP contribution in [0.25, 0.3) is 0 Å². The molecule has 4 rings (SSSR count). The number of Topliss-reactive ketones (excluding diaryl/α,β-unsaturated/α-hetero) is 1. The van der Waals surface area contributed by atoms with E-state index in [-0.39, 0.29) is 48.3 Å². The van der Waals surface area contributed by atoms with Crippen LogP contribution in [0.1, 0.15) is 27.9 Å². The van der Waals surface area contributed by atoms with Gasteiger partial charge in [-0.05, 0) is 60.0 Å². The first-order valence-corrected chi connectivity index (χ1v) is 12.2. The molecule has 0 saturated heterocycles. The number of carbonyl (C=O) groups excluding carboxylic acids is 1. The number of para-hydroxylation sites is 1. The van der Waals surface area contributed by atoms with Crippen molar-refractivity contribution in [1.82, 2.24) is 0 Å². The highest BCUT2D eigenvalue weighted by Gasteiger charge is 2.18. The minimum absolute atomic E-state index is 0. The topological polar surface area (TPSA) is 49.8 Å². The van der Waals surface area contributed by atoms with Crippen molar-refractivity contribution in [2.24, 2.45) is 0 Å². The number of ketones is 1. The van der Waals surface area contributed by atoms with Crippen molar-refractivity contribution in [2.45, 2.75) is 25.5 Å². The molecule has 4 aromatic carbocycles. The van der Waals surface area contributed by atoms with Gasteiger partial charge >= 0.3 is 0 Å². The second-order valence-electron chi connectivity index (χ2n) is 8.86. The molecule has 7 heteroatoms. The lowest BCUT2D eigenvalue weighted by atomic mass is 10.0. The van der Waals surface area contributed by atoms with Crippen molar-refractivity contribution >= 4 is 23.9 Å². The first-order valence-electron chi connectivity index (χ1n) is 12.2. The highest BCUT2D eigenvalue weighted by Crippen LogP contribution is 2.23. The average molecular weight is 538 g/mol. The smallest absolute Gasteiger partial charge is 0.167 e.